The molecule has 1 aromatic heterocycles. The number of thiophene rings is 1. The van der Waals surface area contributed by atoms with Gasteiger partial charge in [0, 0.05) is 11.3 Å². The molecule has 5 nitrogen and oxygen atoms in total. The zero-order chi connectivity index (χ0) is 20.6. The summed E-state index contributed by atoms with van der Waals surface area (Å²) >= 11 is 1.54. The summed E-state index contributed by atoms with van der Waals surface area (Å²) in [6, 6.07) is 7.72. The first-order valence-electron chi connectivity index (χ1n) is 10.4. The first-order chi connectivity index (χ1) is 14.1. The number of carbonyl (C=O) groups is 2. The van der Waals surface area contributed by atoms with Gasteiger partial charge in [-0.2, -0.15) is 0 Å². The largest absolute Gasteiger partial charge is 0.497 e. The van der Waals surface area contributed by atoms with Gasteiger partial charge in [0.2, 0.25) is 5.91 Å². The zero-order valence-electron chi connectivity index (χ0n) is 17.2. The van der Waals surface area contributed by atoms with Crippen LogP contribution in [0.4, 0.5) is 5.00 Å². The molecule has 3 rings (SSSR count). The van der Waals surface area contributed by atoms with Crippen LogP contribution in [-0.4, -0.2) is 25.6 Å². The van der Waals surface area contributed by atoms with Crippen molar-refractivity contribution >= 4 is 28.2 Å². The van der Waals surface area contributed by atoms with Crippen molar-refractivity contribution < 1.29 is 19.1 Å². The number of fused-ring (bicyclic) bond motifs is 1. The number of rotatable bonds is 8. The lowest BCUT2D eigenvalue weighted by Crippen LogP contribution is -2.16. The monoisotopic (exact) mass is 415 g/mol. The number of benzene rings is 1. The second-order valence-corrected chi connectivity index (χ2v) is 8.41. The van der Waals surface area contributed by atoms with E-state index in [1.807, 2.05) is 31.2 Å². The van der Waals surface area contributed by atoms with Crippen LogP contribution in [0.15, 0.2) is 24.3 Å². The fourth-order valence-electron chi connectivity index (χ4n) is 3.55. The molecule has 29 heavy (non-hydrogen) atoms. The van der Waals surface area contributed by atoms with E-state index < -0.39 is 0 Å². The summed E-state index contributed by atoms with van der Waals surface area (Å²) < 4.78 is 10.6. The Balaban J connectivity index is 1.71. The third-order valence-corrected chi connectivity index (χ3v) is 6.32. The van der Waals surface area contributed by atoms with Crippen molar-refractivity contribution in [3.05, 3.63) is 45.8 Å². The summed E-state index contributed by atoms with van der Waals surface area (Å²) in [5, 5.41) is 3.64. The Bertz CT molecular complexity index is 841. The minimum atomic E-state index is -0.309. The maximum atomic E-state index is 12.7. The number of aryl methyl sites for hydroxylation is 2. The lowest BCUT2D eigenvalue weighted by Gasteiger charge is -2.09. The Hall–Kier alpha value is -2.34. The van der Waals surface area contributed by atoms with Crippen LogP contribution in [0.5, 0.6) is 5.75 Å². The van der Waals surface area contributed by atoms with Gasteiger partial charge in [0.15, 0.2) is 0 Å². The Labute approximate surface area is 176 Å². The Kier molecular flexibility index (Phi) is 7.69. The van der Waals surface area contributed by atoms with Gasteiger partial charge in [-0.25, -0.2) is 4.79 Å². The number of anilines is 1. The highest BCUT2D eigenvalue weighted by Crippen LogP contribution is 2.38. The average molecular weight is 416 g/mol. The highest BCUT2D eigenvalue weighted by Gasteiger charge is 2.26. The van der Waals surface area contributed by atoms with Gasteiger partial charge in [-0.05, 0) is 61.8 Å². The number of ether oxygens (including phenoxy) is 2. The standard InChI is InChI=1S/C23H29NO4S/c1-3-15-28-23(26)21-18-7-5-4-6-8-19(18)29-22(21)24-20(25)14-11-16-9-12-17(27-2)13-10-16/h9-10,12-13H,3-8,11,14-15H2,1-2H3,(H,24,25). The Morgan fingerprint density at radius 3 is 2.59 bits per heavy atom. The zero-order valence-corrected chi connectivity index (χ0v) is 18.0. The van der Waals surface area contributed by atoms with Crippen molar-refractivity contribution in [3.8, 4) is 5.75 Å². The second-order valence-electron chi connectivity index (χ2n) is 7.30. The molecule has 1 heterocycles. The van der Waals surface area contributed by atoms with E-state index in [0.717, 1.165) is 49.0 Å². The lowest BCUT2D eigenvalue weighted by molar-refractivity contribution is -0.116. The van der Waals surface area contributed by atoms with Crippen molar-refractivity contribution in [2.24, 2.45) is 0 Å². The van der Waals surface area contributed by atoms with Crippen LogP contribution in [0.2, 0.25) is 0 Å². The Morgan fingerprint density at radius 1 is 1.10 bits per heavy atom. The maximum absolute atomic E-state index is 12.7. The molecule has 0 fully saturated rings. The molecule has 0 radical (unpaired) electrons. The van der Waals surface area contributed by atoms with Gasteiger partial charge < -0.3 is 14.8 Å². The predicted octanol–water partition coefficient (Wildman–Crippen LogP) is 5.16. The van der Waals surface area contributed by atoms with Gasteiger partial charge in [0.25, 0.3) is 0 Å². The quantitative estimate of drug-likeness (QED) is 0.477. The molecule has 6 heteroatoms. The van der Waals surface area contributed by atoms with Crippen molar-refractivity contribution in [2.75, 3.05) is 19.0 Å². The molecule has 1 aromatic carbocycles. The molecule has 0 aliphatic heterocycles. The first kappa shape index (κ1) is 21.4. The van der Waals surface area contributed by atoms with Gasteiger partial charge in [0.05, 0.1) is 19.3 Å². The van der Waals surface area contributed by atoms with Crippen molar-refractivity contribution in [1.82, 2.24) is 0 Å². The molecular weight excluding hydrogens is 386 g/mol. The number of hydrogen-bond donors (Lipinski definition) is 1. The Morgan fingerprint density at radius 2 is 1.86 bits per heavy atom. The number of esters is 1. The summed E-state index contributed by atoms with van der Waals surface area (Å²) in [5.41, 5.74) is 2.74. The van der Waals surface area contributed by atoms with Gasteiger partial charge in [-0.15, -0.1) is 11.3 Å². The molecule has 0 saturated carbocycles. The van der Waals surface area contributed by atoms with E-state index in [4.69, 9.17) is 9.47 Å². The molecule has 1 aliphatic carbocycles. The molecule has 0 bridgehead atoms. The smallest absolute Gasteiger partial charge is 0.341 e. The maximum Gasteiger partial charge on any atom is 0.341 e. The number of amides is 1. The van der Waals surface area contributed by atoms with Crippen LogP contribution in [0.25, 0.3) is 0 Å². The van der Waals surface area contributed by atoms with Crippen molar-refractivity contribution in [3.63, 3.8) is 0 Å². The number of hydrogen-bond acceptors (Lipinski definition) is 5. The predicted molar refractivity (Wildman–Crippen MR) is 116 cm³/mol. The van der Waals surface area contributed by atoms with Gasteiger partial charge in [0.1, 0.15) is 10.8 Å². The van der Waals surface area contributed by atoms with Crippen LogP contribution in [0.1, 0.15) is 65.4 Å². The fraction of sp³-hybridized carbons (Fsp3) is 0.478. The normalized spacial score (nSPS) is 13.3. The van der Waals surface area contributed by atoms with E-state index in [1.54, 1.807) is 18.4 Å². The third-order valence-electron chi connectivity index (χ3n) is 5.12. The lowest BCUT2D eigenvalue weighted by atomic mass is 10.1. The minimum absolute atomic E-state index is 0.0817. The van der Waals surface area contributed by atoms with Crippen LogP contribution in [-0.2, 0) is 28.8 Å². The van der Waals surface area contributed by atoms with Crippen LogP contribution >= 0.6 is 11.3 Å². The summed E-state index contributed by atoms with van der Waals surface area (Å²) in [7, 11) is 1.63. The van der Waals surface area contributed by atoms with E-state index in [-0.39, 0.29) is 11.9 Å². The summed E-state index contributed by atoms with van der Waals surface area (Å²) in [5.74, 6) is 0.409. The first-order valence-corrected chi connectivity index (χ1v) is 11.2. The van der Waals surface area contributed by atoms with E-state index in [0.29, 0.717) is 30.0 Å². The fourth-order valence-corrected chi connectivity index (χ4v) is 4.85. The topological polar surface area (TPSA) is 64.6 Å². The number of methoxy groups -OCH3 is 1. The number of carbonyl (C=O) groups excluding carboxylic acids is 2. The minimum Gasteiger partial charge on any atom is -0.497 e. The van der Waals surface area contributed by atoms with E-state index in [9.17, 15) is 9.59 Å². The molecule has 0 spiro atoms. The highest BCUT2D eigenvalue weighted by molar-refractivity contribution is 7.17. The summed E-state index contributed by atoms with van der Waals surface area (Å²) in [6.45, 7) is 2.37. The van der Waals surface area contributed by atoms with Gasteiger partial charge >= 0.3 is 5.97 Å². The molecule has 2 aromatic rings. The van der Waals surface area contributed by atoms with Crippen molar-refractivity contribution in [1.29, 1.82) is 0 Å². The molecule has 1 N–H and O–H groups in total. The molecule has 0 unspecified atom stereocenters. The summed E-state index contributed by atoms with van der Waals surface area (Å²) in [4.78, 5) is 26.5. The van der Waals surface area contributed by atoms with Gasteiger partial charge in [-0.1, -0.05) is 25.5 Å². The van der Waals surface area contributed by atoms with Crippen LogP contribution < -0.4 is 10.1 Å². The molecular formula is C23H29NO4S. The van der Waals surface area contributed by atoms with E-state index >= 15 is 0 Å². The average Bonchev–Trinajstić information content (AvgIpc) is 2.91. The highest BCUT2D eigenvalue weighted by atomic mass is 32.1. The molecule has 0 saturated heterocycles. The van der Waals surface area contributed by atoms with Crippen LogP contribution in [0, 0.1) is 0 Å². The molecule has 156 valence electrons. The van der Waals surface area contributed by atoms with E-state index in [1.165, 1.54) is 11.3 Å². The SMILES string of the molecule is CCCOC(=O)c1c(NC(=O)CCc2ccc(OC)cc2)sc2c1CCCCC2. The molecule has 1 amide bonds. The molecule has 0 atom stereocenters. The van der Waals surface area contributed by atoms with E-state index in [2.05, 4.69) is 5.32 Å². The molecule has 1 aliphatic rings. The van der Waals surface area contributed by atoms with Crippen LogP contribution in [0.3, 0.4) is 0 Å². The number of nitrogens with one attached hydrogen (secondary N) is 1. The second kappa shape index (κ2) is 10.4. The third kappa shape index (κ3) is 5.60. The summed E-state index contributed by atoms with van der Waals surface area (Å²) in [6.07, 6.45) is 7.00. The van der Waals surface area contributed by atoms with Crippen molar-refractivity contribution in [2.45, 2.75) is 58.3 Å². The van der Waals surface area contributed by atoms with Gasteiger partial charge in [-0.3, -0.25) is 4.79 Å².